The lowest BCUT2D eigenvalue weighted by Gasteiger charge is -2.09. The Kier molecular flexibility index (Phi) is 7.40. The number of methoxy groups -OCH3 is 2. The molecule has 0 fully saturated rings. The average Bonchev–Trinajstić information content (AvgIpc) is 2.61. The Morgan fingerprint density at radius 2 is 1.03 bits per heavy atom. The molecule has 0 aliphatic rings. The highest BCUT2D eigenvalue weighted by Gasteiger charge is 2.15. The third-order valence-electron chi connectivity index (χ3n) is 3.78. The van der Waals surface area contributed by atoms with Gasteiger partial charge in [-0.25, -0.2) is 17.6 Å². The predicted molar refractivity (Wildman–Crippen MR) is 96.9 cm³/mol. The van der Waals surface area contributed by atoms with Crippen LogP contribution in [0.1, 0.15) is 19.3 Å². The molecule has 10 heteroatoms. The first-order valence-corrected chi connectivity index (χ1v) is 8.41. The summed E-state index contributed by atoms with van der Waals surface area (Å²) in [5.41, 5.74) is -0.195. The second-order valence-corrected chi connectivity index (χ2v) is 5.90. The summed E-state index contributed by atoms with van der Waals surface area (Å²) >= 11 is 0. The first-order chi connectivity index (χ1) is 13.7. The van der Waals surface area contributed by atoms with Gasteiger partial charge in [-0.3, -0.25) is 9.59 Å². The van der Waals surface area contributed by atoms with Crippen molar-refractivity contribution in [1.29, 1.82) is 0 Å². The van der Waals surface area contributed by atoms with Crippen LogP contribution in [0.15, 0.2) is 24.3 Å². The molecule has 0 aromatic heterocycles. The number of benzene rings is 2. The Morgan fingerprint density at radius 1 is 0.724 bits per heavy atom. The minimum Gasteiger partial charge on any atom is -0.491 e. The zero-order chi connectivity index (χ0) is 21.6. The highest BCUT2D eigenvalue weighted by Crippen LogP contribution is 2.26. The number of halogens is 4. The van der Waals surface area contributed by atoms with Crippen LogP contribution in [0.25, 0.3) is 0 Å². The van der Waals surface area contributed by atoms with Crippen molar-refractivity contribution in [3.05, 3.63) is 47.5 Å². The van der Waals surface area contributed by atoms with Crippen molar-refractivity contribution in [2.45, 2.75) is 19.3 Å². The molecule has 2 aromatic carbocycles. The van der Waals surface area contributed by atoms with Crippen LogP contribution in [0.5, 0.6) is 11.5 Å². The van der Waals surface area contributed by atoms with Gasteiger partial charge in [0.25, 0.3) is 0 Å². The van der Waals surface area contributed by atoms with Gasteiger partial charge in [0.15, 0.2) is 34.8 Å². The van der Waals surface area contributed by atoms with Gasteiger partial charge >= 0.3 is 0 Å². The number of nitrogens with one attached hydrogen (secondary N) is 2. The van der Waals surface area contributed by atoms with Gasteiger partial charge in [-0.1, -0.05) is 0 Å². The molecule has 29 heavy (non-hydrogen) atoms. The summed E-state index contributed by atoms with van der Waals surface area (Å²) in [6.07, 6.45) is -0.137. The molecule has 156 valence electrons. The number of ether oxygens (including phenoxy) is 2. The van der Waals surface area contributed by atoms with E-state index in [1.165, 1.54) is 0 Å². The van der Waals surface area contributed by atoms with Crippen molar-refractivity contribution >= 4 is 23.2 Å². The van der Waals surface area contributed by atoms with Crippen LogP contribution in [0.4, 0.5) is 28.9 Å². The molecule has 2 N–H and O–H groups in total. The molecule has 2 amide bonds. The van der Waals surface area contributed by atoms with Gasteiger partial charge in [-0.05, 0) is 6.42 Å². The number of anilines is 2. The lowest BCUT2D eigenvalue weighted by Crippen LogP contribution is -2.15. The minimum atomic E-state index is -0.971. The summed E-state index contributed by atoms with van der Waals surface area (Å²) in [5, 5.41) is 4.61. The Hall–Kier alpha value is -3.30. The first kappa shape index (κ1) is 22.0. The van der Waals surface area contributed by atoms with Crippen LogP contribution in [0, 0.1) is 23.3 Å². The van der Waals surface area contributed by atoms with E-state index in [-0.39, 0.29) is 30.6 Å². The van der Waals surface area contributed by atoms with E-state index in [0.717, 1.165) is 38.5 Å². The number of amides is 2. The largest absolute Gasteiger partial charge is 0.491 e. The number of hydrogen-bond donors (Lipinski definition) is 2. The zero-order valence-corrected chi connectivity index (χ0v) is 15.6. The topological polar surface area (TPSA) is 76.7 Å². The molecule has 2 aromatic rings. The Morgan fingerprint density at radius 3 is 1.31 bits per heavy atom. The number of carbonyl (C=O) groups is 2. The Bertz CT molecular complexity index is 802. The molecule has 0 bridgehead atoms. The Balaban J connectivity index is 1.84. The standard InChI is InChI=1S/C19H18F4N2O4/c1-28-18-12(20)6-10(7-13(18)21)24-16(26)4-3-5-17(27)25-11-8-14(22)19(29-2)15(23)9-11/h6-9H,3-5H2,1-2H3,(H,24,26)(H,25,27). The highest BCUT2D eigenvalue weighted by atomic mass is 19.1. The van der Waals surface area contributed by atoms with Crippen LogP contribution >= 0.6 is 0 Å². The molecule has 6 nitrogen and oxygen atoms in total. The van der Waals surface area contributed by atoms with Gasteiger partial charge in [0.2, 0.25) is 11.8 Å². The smallest absolute Gasteiger partial charge is 0.224 e. The van der Waals surface area contributed by atoms with Crippen molar-refractivity contribution in [3.8, 4) is 11.5 Å². The Labute approximate surface area is 163 Å². The molecule has 0 radical (unpaired) electrons. The monoisotopic (exact) mass is 414 g/mol. The van der Waals surface area contributed by atoms with E-state index < -0.39 is 46.6 Å². The molecular weight excluding hydrogens is 396 g/mol. The summed E-state index contributed by atoms with van der Waals surface area (Å²) in [6, 6.07) is 3.61. The molecule has 0 aliphatic heterocycles. The number of hydrogen-bond acceptors (Lipinski definition) is 4. The third kappa shape index (κ3) is 5.84. The normalized spacial score (nSPS) is 10.4. The maximum Gasteiger partial charge on any atom is 0.224 e. The number of rotatable bonds is 8. The summed E-state index contributed by atoms with van der Waals surface area (Å²) < 4.78 is 63.5. The van der Waals surface area contributed by atoms with Crippen molar-refractivity contribution < 1.29 is 36.6 Å². The van der Waals surface area contributed by atoms with Gasteiger partial charge in [0.05, 0.1) is 14.2 Å². The minimum absolute atomic E-state index is 0.0971. The van der Waals surface area contributed by atoms with E-state index in [9.17, 15) is 27.2 Å². The molecule has 0 aliphatic carbocycles. The molecule has 0 heterocycles. The fraction of sp³-hybridized carbons (Fsp3) is 0.263. The van der Waals surface area contributed by atoms with Crippen LogP contribution in [0.3, 0.4) is 0 Å². The lowest BCUT2D eigenvalue weighted by molar-refractivity contribution is -0.117. The van der Waals surface area contributed by atoms with E-state index in [1.807, 2.05) is 0 Å². The fourth-order valence-electron chi connectivity index (χ4n) is 2.51. The van der Waals surface area contributed by atoms with Crippen LogP contribution in [0.2, 0.25) is 0 Å². The highest BCUT2D eigenvalue weighted by molar-refractivity contribution is 5.93. The van der Waals surface area contributed by atoms with Crippen LogP contribution in [-0.4, -0.2) is 26.0 Å². The summed E-state index contributed by atoms with van der Waals surface area (Å²) in [5.74, 6) is -6.15. The molecule has 0 unspecified atom stereocenters. The van der Waals surface area contributed by atoms with Crippen molar-refractivity contribution in [2.24, 2.45) is 0 Å². The van der Waals surface area contributed by atoms with Crippen LogP contribution < -0.4 is 20.1 Å². The van der Waals surface area contributed by atoms with Crippen LogP contribution in [-0.2, 0) is 9.59 Å². The van der Waals surface area contributed by atoms with Gasteiger partial charge in [-0.2, -0.15) is 0 Å². The van der Waals surface area contributed by atoms with E-state index in [0.29, 0.717) is 0 Å². The summed E-state index contributed by atoms with van der Waals surface area (Å²) in [4.78, 5) is 23.7. The van der Waals surface area contributed by atoms with E-state index in [4.69, 9.17) is 0 Å². The van der Waals surface area contributed by atoms with Gasteiger partial charge in [0, 0.05) is 48.5 Å². The molecule has 0 saturated carbocycles. The van der Waals surface area contributed by atoms with Crippen molar-refractivity contribution in [2.75, 3.05) is 24.9 Å². The zero-order valence-electron chi connectivity index (χ0n) is 15.6. The molecule has 2 rings (SSSR count). The SMILES string of the molecule is COc1c(F)cc(NC(=O)CCCC(=O)Nc2cc(F)c(OC)c(F)c2)cc1F. The predicted octanol–water partition coefficient (Wildman–Crippen LogP) is 4.01. The third-order valence-corrected chi connectivity index (χ3v) is 3.78. The van der Waals surface area contributed by atoms with Gasteiger partial charge < -0.3 is 20.1 Å². The second-order valence-electron chi connectivity index (χ2n) is 5.90. The van der Waals surface area contributed by atoms with Gasteiger partial charge in [0.1, 0.15) is 0 Å². The van der Waals surface area contributed by atoms with Crippen molar-refractivity contribution in [1.82, 2.24) is 0 Å². The number of carbonyl (C=O) groups excluding carboxylic acids is 2. The molecule has 0 saturated heterocycles. The van der Waals surface area contributed by atoms with E-state index in [2.05, 4.69) is 20.1 Å². The van der Waals surface area contributed by atoms with Crippen molar-refractivity contribution in [3.63, 3.8) is 0 Å². The lowest BCUT2D eigenvalue weighted by atomic mass is 10.2. The maximum absolute atomic E-state index is 13.6. The van der Waals surface area contributed by atoms with Gasteiger partial charge in [-0.15, -0.1) is 0 Å². The quantitative estimate of drug-likeness (QED) is 0.640. The second kappa shape index (κ2) is 9.76. The molecular formula is C19H18F4N2O4. The summed E-state index contributed by atoms with van der Waals surface area (Å²) in [7, 11) is 2.22. The molecule has 0 atom stereocenters. The average molecular weight is 414 g/mol. The first-order valence-electron chi connectivity index (χ1n) is 8.41. The molecule has 0 spiro atoms. The summed E-state index contributed by atoms with van der Waals surface area (Å²) in [6.45, 7) is 0. The fourth-order valence-corrected chi connectivity index (χ4v) is 2.51. The maximum atomic E-state index is 13.6. The van der Waals surface area contributed by atoms with E-state index >= 15 is 0 Å². The van der Waals surface area contributed by atoms with E-state index in [1.54, 1.807) is 0 Å².